The minimum absolute atomic E-state index is 0. The third-order valence-electron chi connectivity index (χ3n) is 4.47. The third-order valence-corrected chi connectivity index (χ3v) is 4.47. The van der Waals surface area contributed by atoms with E-state index in [4.69, 9.17) is 4.74 Å². The van der Waals surface area contributed by atoms with E-state index in [2.05, 4.69) is 74.5 Å². The Kier molecular flexibility index (Phi) is 12.3. The number of hydrogen-bond acceptors (Lipinski definition) is 1. The molecular formula is C23H24Cl2OZr. The maximum absolute atomic E-state index is 5.25. The van der Waals surface area contributed by atoms with Gasteiger partial charge in [-0.2, -0.15) is 35.9 Å². The number of rotatable bonds is 3. The molecule has 4 rings (SSSR count). The summed E-state index contributed by atoms with van der Waals surface area (Å²) in [4.78, 5) is 0. The molecule has 3 aromatic carbocycles. The van der Waals surface area contributed by atoms with Crippen LogP contribution in [0.2, 0.25) is 0 Å². The molecule has 4 heteroatoms. The van der Waals surface area contributed by atoms with Crippen molar-refractivity contribution in [1.82, 2.24) is 0 Å². The first-order valence-corrected chi connectivity index (χ1v) is 8.52. The van der Waals surface area contributed by atoms with Crippen LogP contribution in [0.25, 0.3) is 11.1 Å². The summed E-state index contributed by atoms with van der Waals surface area (Å²) in [7, 11) is 1.74. The fourth-order valence-corrected chi connectivity index (χ4v) is 3.23. The van der Waals surface area contributed by atoms with Crippen molar-refractivity contribution in [2.45, 2.75) is 32.8 Å². The van der Waals surface area contributed by atoms with E-state index in [0.29, 0.717) is 12.5 Å². The van der Waals surface area contributed by atoms with Crippen molar-refractivity contribution in [2.24, 2.45) is 0 Å². The molecular weight excluding hydrogens is 454 g/mol. The first kappa shape index (κ1) is 26.2. The van der Waals surface area contributed by atoms with Crippen LogP contribution in [0.1, 0.15) is 42.0 Å². The summed E-state index contributed by atoms with van der Waals surface area (Å²) in [6.07, 6.45) is 1.00. The van der Waals surface area contributed by atoms with Crippen molar-refractivity contribution < 1.29 is 55.8 Å². The SMILES string of the molecule is CC(C)c1ccc[cH-]1.COCc1cc[c-]c2c1-c1ccccc1C2.[Cl-].[Cl-].[Zr+4]. The molecule has 27 heavy (non-hydrogen) atoms. The predicted octanol–water partition coefficient (Wildman–Crippen LogP) is -0.261. The summed E-state index contributed by atoms with van der Waals surface area (Å²) in [5.74, 6) is 0.685. The molecule has 0 amide bonds. The van der Waals surface area contributed by atoms with Crippen molar-refractivity contribution in [3.8, 4) is 11.1 Å². The average molecular weight is 479 g/mol. The van der Waals surface area contributed by atoms with Crippen LogP contribution in [0.3, 0.4) is 0 Å². The van der Waals surface area contributed by atoms with E-state index in [9.17, 15) is 0 Å². The molecule has 0 heterocycles. The second-order valence-electron chi connectivity index (χ2n) is 6.50. The van der Waals surface area contributed by atoms with E-state index in [1.165, 1.54) is 33.4 Å². The summed E-state index contributed by atoms with van der Waals surface area (Å²) < 4.78 is 5.25. The van der Waals surface area contributed by atoms with Crippen molar-refractivity contribution >= 4 is 0 Å². The summed E-state index contributed by atoms with van der Waals surface area (Å²) in [6, 6.07) is 24.5. The normalized spacial score (nSPS) is 10.4. The van der Waals surface area contributed by atoms with Crippen LogP contribution >= 0.6 is 0 Å². The third kappa shape index (κ3) is 6.36. The van der Waals surface area contributed by atoms with Gasteiger partial charge in [-0.1, -0.05) is 49.2 Å². The Labute approximate surface area is 194 Å². The fraction of sp³-hybridized carbons (Fsp3) is 0.261. The molecule has 0 saturated heterocycles. The van der Waals surface area contributed by atoms with Gasteiger partial charge in [0.25, 0.3) is 0 Å². The van der Waals surface area contributed by atoms with Gasteiger partial charge in [-0.25, -0.2) is 12.1 Å². The van der Waals surface area contributed by atoms with E-state index in [0.717, 1.165) is 6.42 Å². The Bertz CT molecular complexity index is 798. The maximum atomic E-state index is 5.25. The van der Waals surface area contributed by atoms with Gasteiger partial charge in [0.05, 0.1) is 0 Å². The predicted molar refractivity (Wildman–Crippen MR) is 100 cm³/mol. The molecule has 0 aliphatic heterocycles. The van der Waals surface area contributed by atoms with Crippen molar-refractivity contribution in [3.05, 3.63) is 89.0 Å². The van der Waals surface area contributed by atoms with Gasteiger partial charge in [0, 0.05) is 13.7 Å². The molecule has 1 nitrogen and oxygen atoms in total. The van der Waals surface area contributed by atoms with Crippen molar-refractivity contribution in [2.75, 3.05) is 7.11 Å². The first-order valence-electron chi connectivity index (χ1n) is 8.52. The minimum Gasteiger partial charge on any atom is -1.00 e. The Morgan fingerprint density at radius 1 is 1.07 bits per heavy atom. The molecule has 0 spiro atoms. The van der Waals surface area contributed by atoms with Crippen molar-refractivity contribution in [1.29, 1.82) is 0 Å². The van der Waals surface area contributed by atoms with Crippen LogP contribution in [0.4, 0.5) is 0 Å². The van der Waals surface area contributed by atoms with Crippen LogP contribution < -0.4 is 24.8 Å². The van der Waals surface area contributed by atoms with E-state index in [-0.39, 0.29) is 51.0 Å². The summed E-state index contributed by atoms with van der Waals surface area (Å²) in [6.45, 7) is 5.08. The molecule has 1 aliphatic rings. The second kappa shape index (κ2) is 12.6. The van der Waals surface area contributed by atoms with Crippen LogP contribution in [-0.4, -0.2) is 7.11 Å². The van der Waals surface area contributed by atoms with Gasteiger partial charge in [-0.3, -0.25) is 0 Å². The Morgan fingerprint density at radius 3 is 2.41 bits per heavy atom. The monoisotopic (exact) mass is 476 g/mol. The van der Waals surface area contributed by atoms with Crippen molar-refractivity contribution in [3.63, 3.8) is 0 Å². The molecule has 140 valence electrons. The number of hydrogen-bond donors (Lipinski definition) is 0. The zero-order valence-corrected chi connectivity index (χ0v) is 19.9. The van der Waals surface area contributed by atoms with Crippen LogP contribution in [0, 0.1) is 6.07 Å². The molecule has 0 fully saturated rings. The minimum atomic E-state index is 0. The molecule has 0 atom stereocenters. The number of methoxy groups -OCH3 is 1. The van der Waals surface area contributed by atoms with Crippen LogP contribution in [-0.2, 0) is 44.0 Å². The van der Waals surface area contributed by atoms with E-state index < -0.39 is 0 Å². The molecule has 0 radical (unpaired) electrons. The smallest absolute Gasteiger partial charge is 1.00 e. The molecule has 0 unspecified atom stereocenters. The van der Waals surface area contributed by atoms with Crippen LogP contribution in [0.15, 0.2) is 60.7 Å². The Balaban J connectivity index is 0.000000535. The average Bonchev–Trinajstić information content (AvgIpc) is 3.24. The van der Waals surface area contributed by atoms with E-state index >= 15 is 0 Å². The standard InChI is InChI=1S/C15H13O.C8H11.2ClH.Zr/c1-16-10-13-7-4-6-12-9-11-5-2-3-8-14(11)15(12)13;1-7(2)8-5-3-4-6-8;;;/h2-5,7-8H,9-10H2,1H3;3-7H,1-2H3;2*1H;/q2*-1;;;+4/p-2. The fourth-order valence-electron chi connectivity index (χ4n) is 3.23. The zero-order valence-electron chi connectivity index (χ0n) is 15.9. The maximum Gasteiger partial charge on any atom is 4.00 e. The Morgan fingerprint density at radius 2 is 1.81 bits per heavy atom. The summed E-state index contributed by atoms with van der Waals surface area (Å²) in [5.41, 5.74) is 8.08. The first-order chi connectivity index (χ1) is 11.7. The molecule has 0 saturated carbocycles. The molecule has 1 aliphatic carbocycles. The molecule has 0 bridgehead atoms. The number of halogens is 2. The van der Waals surface area contributed by atoms with Crippen LogP contribution in [0.5, 0.6) is 0 Å². The van der Waals surface area contributed by atoms with Gasteiger partial charge >= 0.3 is 26.2 Å². The van der Waals surface area contributed by atoms with E-state index in [1.807, 2.05) is 6.07 Å². The molecule has 0 aromatic heterocycles. The van der Waals surface area contributed by atoms with Gasteiger partial charge in [0.15, 0.2) is 0 Å². The summed E-state index contributed by atoms with van der Waals surface area (Å²) in [5, 5.41) is 0. The molecule has 0 N–H and O–H groups in total. The van der Waals surface area contributed by atoms with E-state index in [1.54, 1.807) is 7.11 Å². The second-order valence-corrected chi connectivity index (χ2v) is 6.50. The quantitative estimate of drug-likeness (QED) is 0.369. The van der Waals surface area contributed by atoms with Gasteiger partial charge < -0.3 is 29.6 Å². The van der Waals surface area contributed by atoms with Gasteiger partial charge in [0.1, 0.15) is 0 Å². The molecule has 3 aromatic rings. The zero-order chi connectivity index (χ0) is 16.9. The number of ether oxygens (including phenoxy) is 1. The summed E-state index contributed by atoms with van der Waals surface area (Å²) >= 11 is 0. The van der Waals surface area contributed by atoms with Gasteiger partial charge in [-0.15, -0.1) is 16.7 Å². The number of benzene rings is 2. The Hall–Kier alpha value is -0.787. The number of fused-ring (bicyclic) bond motifs is 3. The van der Waals surface area contributed by atoms with Gasteiger partial charge in [0.2, 0.25) is 0 Å². The van der Waals surface area contributed by atoms with Gasteiger partial charge in [-0.05, 0) is 12.3 Å². The topological polar surface area (TPSA) is 9.23 Å². The largest absolute Gasteiger partial charge is 4.00 e.